The molecular formula is C18H33N5O. The van der Waals surface area contributed by atoms with Crippen molar-refractivity contribution in [3.05, 3.63) is 11.9 Å². The number of aromatic nitrogens is 3. The molecule has 6 heteroatoms. The van der Waals surface area contributed by atoms with Crippen LogP contribution >= 0.6 is 0 Å². The zero-order chi connectivity index (χ0) is 17.5. The van der Waals surface area contributed by atoms with Gasteiger partial charge in [0, 0.05) is 32.7 Å². The summed E-state index contributed by atoms with van der Waals surface area (Å²) in [4.78, 5) is 16.7. The van der Waals surface area contributed by atoms with Crippen LogP contribution in [0, 0.1) is 5.92 Å². The van der Waals surface area contributed by atoms with Gasteiger partial charge in [-0.25, -0.2) is 4.68 Å². The average Bonchev–Trinajstić information content (AvgIpc) is 3.11. The lowest BCUT2D eigenvalue weighted by Crippen LogP contribution is -2.37. The van der Waals surface area contributed by atoms with Gasteiger partial charge >= 0.3 is 0 Å². The zero-order valence-corrected chi connectivity index (χ0v) is 15.7. The third-order valence-corrected chi connectivity index (χ3v) is 5.38. The van der Waals surface area contributed by atoms with Gasteiger partial charge in [-0.05, 0) is 32.6 Å². The molecule has 0 aromatic carbocycles. The second-order valence-electron chi connectivity index (χ2n) is 6.78. The minimum atomic E-state index is -0.0163. The second-order valence-corrected chi connectivity index (χ2v) is 6.78. The minimum absolute atomic E-state index is 0.0163. The predicted molar refractivity (Wildman–Crippen MR) is 96.1 cm³/mol. The molecular weight excluding hydrogens is 302 g/mol. The first-order valence-electron chi connectivity index (χ1n) is 9.56. The third-order valence-electron chi connectivity index (χ3n) is 5.38. The Hall–Kier alpha value is -1.43. The van der Waals surface area contributed by atoms with Gasteiger partial charge in [-0.3, -0.25) is 4.79 Å². The highest BCUT2D eigenvalue weighted by Gasteiger charge is 2.24. The molecule has 0 atom stereocenters. The number of amides is 1. The van der Waals surface area contributed by atoms with Crippen LogP contribution in [0.2, 0.25) is 0 Å². The summed E-state index contributed by atoms with van der Waals surface area (Å²) >= 11 is 0. The van der Waals surface area contributed by atoms with Crippen LogP contribution in [0.3, 0.4) is 0 Å². The van der Waals surface area contributed by atoms with Gasteiger partial charge in [-0.2, -0.15) is 0 Å². The van der Waals surface area contributed by atoms with Crippen molar-refractivity contribution in [2.45, 2.75) is 59.4 Å². The van der Waals surface area contributed by atoms with E-state index in [2.05, 4.69) is 29.1 Å². The molecule has 6 nitrogen and oxygen atoms in total. The highest BCUT2D eigenvalue weighted by atomic mass is 16.2. The number of rotatable bonds is 8. The zero-order valence-electron chi connectivity index (χ0n) is 15.7. The van der Waals surface area contributed by atoms with Crippen molar-refractivity contribution in [1.29, 1.82) is 0 Å². The standard InChI is InChI=1S/C18H33N5O/c1-5-15(6-2)13-21-11-9-16(10-12-21)23-14-17(19-20-23)18(24)22(7-3)8-4/h14-16H,5-13H2,1-4H3. The van der Waals surface area contributed by atoms with Crippen molar-refractivity contribution in [2.24, 2.45) is 5.92 Å². The largest absolute Gasteiger partial charge is 0.338 e. The molecule has 1 aliphatic rings. The van der Waals surface area contributed by atoms with Crippen LogP contribution in [0.1, 0.15) is 69.9 Å². The Balaban J connectivity index is 1.90. The fourth-order valence-electron chi connectivity index (χ4n) is 3.50. The van der Waals surface area contributed by atoms with Gasteiger partial charge in [0.15, 0.2) is 5.69 Å². The van der Waals surface area contributed by atoms with E-state index in [1.807, 2.05) is 24.7 Å². The Bertz CT molecular complexity index is 499. The molecule has 0 unspecified atom stereocenters. The van der Waals surface area contributed by atoms with Crippen LogP contribution in [0.15, 0.2) is 6.20 Å². The van der Waals surface area contributed by atoms with E-state index in [1.165, 1.54) is 19.4 Å². The highest BCUT2D eigenvalue weighted by Crippen LogP contribution is 2.23. The number of likely N-dealkylation sites (tertiary alicyclic amines) is 1. The molecule has 0 radical (unpaired) electrons. The van der Waals surface area contributed by atoms with E-state index in [-0.39, 0.29) is 5.91 Å². The molecule has 24 heavy (non-hydrogen) atoms. The Kier molecular flexibility index (Phi) is 7.21. The summed E-state index contributed by atoms with van der Waals surface area (Å²) in [6, 6.07) is 0.369. The molecule has 0 N–H and O–H groups in total. The quantitative estimate of drug-likeness (QED) is 0.733. The fourth-order valence-corrected chi connectivity index (χ4v) is 3.50. The Labute approximate surface area is 146 Å². The molecule has 0 spiro atoms. The summed E-state index contributed by atoms with van der Waals surface area (Å²) in [6.07, 6.45) is 6.53. The molecule has 136 valence electrons. The van der Waals surface area contributed by atoms with Crippen LogP contribution in [0.4, 0.5) is 0 Å². The summed E-state index contributed by atoms with van der Waals surface area (Å²) in [7, 11) is 0. The molecule has 0 aliphatic carbocycles. The summed E-state index contributed by atoms with van der Waals surface area (Å²) in [5.41, 5.74) is 0.471. The molecule has 1 saturated heterocycles. The summed E-state index contributed by atoms with van der Waals surface area (Å²) < 4.78 is 1.91. The molecule has 2 heterocycles. The van der Waals surface area contributed by atoms with Gasteiger partial charge in [0.1, 0.15) is 0 Å². The number of hydrogen-bond donors (Lipinski definition) is 0. The lowest BCUT2D eigenvalue weighted by molar-refractivity contribution is 0.0767. The van der Waals surface area contributed by atoms with Crippen molar-refractivity contribution >= 4 is 5.91 Å². The third kappa shape index (κ3) is 4.56. The first kappa shape index (κ1) is 18.9. The van der Waals surface area contributed by atoms with Crippen LogP contribution < -0.4 is 0 Å². The maximum atomic E-state index is 12.3. The first-order chi connectivity index (χ1) is 11.6. The molecule has 1 aromatic rings. The summed E-state index contributed by atoms with van der Waals surface area (Å²) in [5.74, 6) is 0.795. The van der Waals surface area contributed by atoms with E-state index in [1.54, 1.807) is 4.90 Å². The Morgan fingerprint density at radius 2 is 1.83 bits per heavy atom. The Morgan fingerprint density at radius 1 is 1.21 bits per heavy atom. The molecule has 1 amide bonds. The number of carbonyl (C=O) groups is 1. The maximum Gasteiger partial charge on any atom is 0.276 e. The van der Waals surface area contributed by atoms with E-state index < -0.39 is 0 Å². The number of hydrogen-bond acceptors (Lipinski definition) is 4. The molecule has 1 aromatic heterocycles. The van der Waals surface area contributed by atoms with E-state index in [9.17, 15) is 4.79 Å². The topological polar surface area (TPSA) is 54.3 Å². The van der Waals surface area contributed by atoms with Crippen molar-refractivity contribution < 1.29 is 4.79 Å². The monoisotopic (exact) mass is 335 g/mol. The highest BCUT2D eigenvalue weighted by molar-refractivity contribution is 5.91. The predicted octanol–water partition coefficient (Wildman–Crippen LogP) is 2.83. The van der Waals surface area contributed by atoms with Gasteiger partial charge in [0.25, 0.3) is 5.91 Å². The van der Waals surface area contributed by atoms with E-state index >= 15 is 0 Å². The lowest BCUT2D eigenvalue weighted by Gasteiger charge is -2.33. The normalized spacial score (nSPS) is 16.7. The fraction of sp³-hybridized carbons (Fsp3) is 0.833. The van der Waals surface area contributed by atoms with Crippen LogP contribution in [-0.4, -0.2) is 63.4 Å². The molecule has 0 saturated carbocycles. The van der Waals surface area contributed by atoms with Crippen molar-refractivity contribution in [3.63, 3.8) is 0 Å². The van der Waals surface area contributed by atoms with Gasteiger partial charge in [0.2, 0.25) is 0 Å². The molecule has 1 fully saturated rings. The maximum absolute atomic E-state index is 12.3. The number of carbonyl (C=O) groups excluding carboxylic acids is 1. The Morgan fingerprint density at radius 3 is 2.38 bits per heavy atom. The van der Waals surface area contributed by atoms with E-state index in [4.69, 9.17) is 0 Å². The van der Waals surface area contributed by atoms with Gasteiger partial charge in [-0.15, -0.1) is 5.10 Å². The SMILES string of the molecule is CCC(CC)CN1CCC(n2cc(C(=O)N(CC)CC)nn2)CC1. The van der Waals surface area contributed by atoms with E-state index in [0.29, 0.717) is 24.8 Å². The molecule has 1 aliphatic heterocycles. The van der Waals surface area contributed by atoms with Crippen molar-refractivity contribution in [2.75, 3.05) is 32.7 Å². The summed E-state index contributed by atoms with van der Waals surface area (Å²) in [6.45, 7) is 13.4. The number of nitrogens with zero attached hydrogens (tertiary/aromatic N) is 5. The second kappa shape index (κ2) is 9.16. The van der Waals surface area contributed by atoms with Crippen molar-refractivity contribution in [1.82, 2.24) is 24.8 Å². The number of piperidine rings is 1. The van der Waals surface area contributed by atoms with Crippen LogP contribution in [-0.2, 0) is 0 Å². The van der Waals surface area contributed by atoms with Crippen LogP contribution in [0.25, 0.3) is 0 Å². The van der Waals surface area contributed by atoms with Gasteiger partial charge in [0.05, 0.1) is 12.2 Å². The molecule has 2 rings (SSSR count). The summed E-state index contributed by atoms with van der Waals surface area (Å²) in [5, 5.41) is 8.34. The van der Waals surface area contributed by atoms with E-state index in [0.717, 1.165) is 31.8 Å². The lowest BCUT2D eigenvalue weighted by atomic mass is 9.99. The van der Waals surface area contributed by atoms with Gasteiger partial charge < -0.3 is 9.80 Å². The first-order valence-corrected chi connectivity index (χ1v) is 9.56. The minimum Gasteiger partial charge on any atom is -0.338 e. The van der Waals surface area contributed by atoms with Crippen molar-refractivity contribution in [3.8, 4) is 0 Å². The van der Waals surface area contributed by atoms with Crippen LogP contribution in [0.5, 0.6) is 0 Å². The average molecular weight is 335 g/mol. The smallest absolute Gasteiger partial charge is 0.276 e. The van der Waals surface area contributed by atoms with Gasteiger partial charge in [-0.1, -0.05) is 31.9 Å². The molecule has 0 bridgehead atoms.